The molecule has 2 heterocycles. The normalized spacial score (nSPS) is 10.1. The molecular formula is C16H12N4OS. The first-order chi connectivity index (χ1) is 10.8. The van der Waals surface area contributed by atoms with E-state index in [2.05, 4.69) is 21.3 Å². The van der Waals surface area contributed by atoms with Crippen molar-refractivity contribution in [3.8, 4) is 28.7 Å². The summed E-state index contributed by atoms with van der Waals surface area (Å²) >= 11 is 1.54. The summed E-state index contributed by atoms with van der Waals surface area (Å²) in [7, 11) is 0. The molecule has 0 radical (unpaired) electrons. The van der Waals surface area contributed by atoms with Crippen molar-refractivity contribution in [3.05, 3.63) is 53.7 Å². The van der Waals surface area contributed by atoms with Gasteiger partial charge in [-0.25, -0.2) is 9.67 Å². The monoisotopic (exact) mass is 308 g/mol. The number of hydrogen-bond donors (Lipinski definition) is 1. The van der Waals surface area contributed by atoms with E-state index in [0.29, 0.717) is 5.82 Å². The lowest BCUT2D eigenvalue weighted by molar-refractivity contribution is 0.0948. The van der Waals surface area contributed by atoms with E-state index in [9.17, 15) is 4.79 Å². The zero-order valence-corrected chi connectivity index (χ0v) is 12.4. The molecular weight excluding hydrogens is 296 g/mol. The maximum Gasteiger partial charge on any atom is 0.291 e. The van der Waals surface area contributed by atoms with E-state index in [0.717, 1.165) is 10.6 Å². The highest BCUT2D eigenvalue weighted by Crippen LogP contribution is 2.25. The number of aromatic nitrogens is 3. The van der Waals surface area contributed by atoms with Crippen LogP contribution < -0.4 is 5.32 Å². The Kier molecular flexibility index (Phi) is 3.99. The second-order valence-electron chi connectivity index (χ2n) is 4.37. The average molecular weight is 308 g/mol. The van der Waals surface area contributed by atoms with Gasteiger partial charge in [0.2, 0.25) is 5.82 Å². The lowest BCUT2D eigenvalue weighted by atomic mass is 10.3. The molecule has 0 saturated heterocycles. The first-order valence-corrected chi connectivity index (χ1v) is 7.45. The number of hydrogen-bond acceptors (Lipinski definition) is 4. The van der Waals surface area contributed by atoms with Gasteiger partial charge in [-0.15, -0.1) is 22.9 Å². The molecule has 0 aliphatic heterocycles. The Morgan fingerprint density at radius 1 is 1.27 bits per heavy atom. The van der Waals surface area contributed by atoms with Crippen molar-refractivity contribution in [2.75, 3.05) is 6.54 Å². The van der Waals surface area contributed by atoms with E-state index >= 15 is 0 Å². The molecule has 5 nitrogen and oxygen atoms in total. The van der Waals surface area contributed by atoms with Gasteiger partial charge in [-0.05, 0) is 23.6 Å². The maximum absolute atomic E-state index is 12.0. The van der Waals surface area contributed by atoms with Crippen LogP contribution in [0.3, 0.4) is 0 Å². The van der Waals surface area contributed by atoms with Crippen LogP contribution in [-0.2, 0) is 0 Å². The van der Waals surface area contributed by atoms with Gasteiger partial charge in [-0.1, -0.05) is 30.2 Å². The number of benzene rings is 1. The molecule has 1 N–H and O–H groups in total. The van der Waals surface area contributed by atoms with E-state index in [1.165, 1.54) is 0 Å². The molecule has 0 fully saturated rings. The van der Waals surface area contributed by atoms with Crippen LogP contribution in [0.4, 0.5) is 0 Å². The van der Waals surface area contributed by atoms with Gasteiger partial charge < -0.3 is 5.32 Å². The minimum Gasteiger partial charge on any atom is -0.338 e. The smallest absolute Gasteiger partial charge is 0.291 e. The number of amides is 1. The van der Waals surface area contributed by atoms with E-state index in [4.69, 9.17) is 6.42 Å². The summed E-state index contributed by atoms with van der Waals surface area (Å²) in [4.78, 5) is 17.3. The molecule has 3 rings (SSSR count). The molecule has 0 aliphatic rings. The summed E-state index contributed by atoms with van der Waals surface area (Å²) in [6.07, 6.45) is 5.15. The van der Waals surface area contributed by atoms with Crippen molar-refractivity contribution in [2.24, 2.45) is 0 Å². The lowest BCUT2D eigenvalue weighted by Crippen LogP contribution is -2.24. The third kappa shape index (κ3) is 2.75. The largest absolute Gasteiger partial charge is 0.338 e. The molecule has 0 bridgehead atoms. The number of nitrogens with one attached hydrogen (secondary N) is 1. The van der Waals surface area contributed by atoms with Crippen molar-refractivity contribution >= 4 is 17.2 Å². The van der Waals surface area contributed by atoms with Gasteiger partial charge in [-0.2, -0.15) is 0 Å². The molecule has 2 aromatic heterocycles. The Morgan fingerprint density at radius 2 is 2.09 bits per heavy atom. The van der Waals surface area contributed by atoms with Crippen molar-refractivity contribution in [1.29, 1.82) is 0 Å². The van der Waals surface area contributed by atoms with Crippen LogP contribution in [-0.4, -0.2) is 27.2 Å². The standard InChI is InChI=1S/C16H12N4OS/c1-2-10-17-16(21)14-18-15(13-9-6-11-22-13)20(19-14)12-7-4-3-5-8-12/h1,3-9,11H,10H2,(H,17,21). The number of rotatable bonds is 4. The number of terminal acetylenes is 1. The Bertz CT molecular complexity index is 816. The fourth-order valence-corrected chi connectivity index (χ4v) is 2.63. The molecule has 1 aromatic carbocycles. The summed E-state index contributed by atoms with van der Waals surface area (Å²) < 4.78 is 1.66. The Balaban J connectivity index is 2.06. The van der Waals surface area contributed by atoms with Gasteiger partial charge in [0.25, 0.3) is 5.91 Å². The maximum atomic E-state index is 12.0. The predicted molar refractivity (Wildman–Crippen MR) is 85.8 cm³/mol. The van der Waals surface area contributed by atoms with Crippen LogP contribution in [0.5, 0.6) is 0 Å². The molecule has 0 aliphatic carbocycles. The van der Waals surface area contributed by atoms with Gasteiger partial charge in [0, 0.05) is 0 Å². The quantitative estimate of drug-likeness (QED) is 0.753. The zero-order chi connectivity index (χ0) is 15.4. The molecule has 108 valence electrons. The highest BCUT2D eigenvalue weighted by Gasteiger charge is 2.18. The number of carbonyl (C=O) groups excluding carboxylic acids is 1. The second-order valence-corrected chi connectivity index (χ2v) is 5.32. The van der Waals surface area contributed by atoms with Crippen LogP contribution in [0, 0.1) is 12.3 Å². The van der Waals surface area contributed by atoms with Gasteiger partial charge in [0.05, 0.1) is 17.1 Å². The predicted octanol–water partition coefficient (Wildman–Crippen LogP) is 2.36. The minimum absolute atomic E-state index is 0.0995. The third-order valence-electron chi connectivity index (χ3n) is 2.90. The van der Waals surface area contributed by atoms with Crippen LogP contribution in [0.15, 0.2) is 47.8 Å². The number of thiophene rings is 1. The van der Waals surface area contributed by atoms with Crippen LogP contribution in [0.1, 0.15) is 10.6 Å². The van der Waals surface area contributed by atoms with E-state index in [1.54, 1.807) is 16.0 Å². The fraction of sp³-hybridized carbons (Fsp3) is 0.0625. The number of para-hydroxylation sites is 1. The van der Waals surface area contributed by atoms with Crippen molar-refractivity contribution < 1.29 is 4.79 Å². The van der Waals surface area contributed by atoms with E-state index in [1.807, 2.05) is 47.8 Å². The lowest BCUT2D eigenvalue weighted by Gasteiger charge is -2.03. The summed E-state index contributed by atoms with van der Waals surface area (Å²) in [5, 5.41) is 8.85. The van der Waals surface area contributed by atoms with Crippen molar-refractivity contribution in [2.45, 2.75) is 0 Å². The SMILES string of the molecule is C#CCNC(=O)c1nc(-c2cccs2)n(-c2ccccc2)n1. The summed E-state index contributed by atoms with van der Waals surface area (Å²) in [6.45, 7) is 0.146. The van der Waals surface area contributed by atoms with Gasteiger partial charge in [-0.3, -0.25) is 4.79 Å². The summed E-state index contributed by atoms with van der Waals surface area (Å²) in [5.74, 6) is 2.70. The number of nitrogens with zero attached hydrogens (tertiary/aromatic N) is 3. The van der Waals surface area contributed by atoms with E-state index < -0.39 is 0 Å². The second kappa shape index (κ2) is 6.24. The third-order valence-corrected chi connectivity index (χ3v) is 3.77. The fourth-order valence-electron chi connectivity index (χ4n) is 1.93. The minimum atomic E-state index is -0.384. The molecule has 0 saturated carbocycles. The van der Waals surface area contributed by atoms with Gasteiger partial charge in [0.1, 0.15) is 0 Å². The van der Waals surface area contributed by atoms with Crippen LogP contribution >= 0.6 is 11.3 Å². The average Bonchev–Trinajstić information content (AvgIpc) is 3.22. The zero-order valence-electron chi connectivity index (χ0n) is 11.6. The molecule has 6 heteroatoms. The van der Waals surface area contributed by atoms with Gasteiger partial charge >= 0.3 is 0 Å². The highest BCUT2D eigenvalue weighted by atomic mass is 32.1. The first kappa shape index (κ1) is 14.0. The molecule has 1 amide bonds. The summed E-state index contributed by atoms with van der Waals surface area (Å²) in [5.41, 5.74) is 0.842. The molecule has 0 atom stereocenters. The molecule has 22 heavy (non-hydrogen) atoms. The first-order valence-electron chi connectivity index (χ1n) is 6.57. The van der Waals surface area contributed by atoms with Gasteiger partial charge in [0.15, 0.2) is 5.82 Å². The molecule has 3 aromatic rings. The Labute approximate surface area is 131 Å². The summed E-state index contributed by atoms with van der Waals surface area (Å²) in [6, 6.07) is 13.4. The number of carbonyl (C=O) groups is 1. The Hall–Kier alpha value is -2.91. The van der Waals surface area contributed by atoms with Crippen molar-refractivity contribution in [1.82, 2.24) is 20.1 Å². The van der Waals surface area contributed by atoms with Crippen molar-refractivity contribution in [3.63, 3.8) is 0 Å². The topological polar surface area (TPSA) is 59.8 Å². The van der Waals surface area contributed by atoms with Crippen LogP contribution in [0.2, 0.25) is 0 Å². The van der Waals surface area contributed by atoms with E-state index in [-0.39, 0.29) is 18.3 Å². The van der Waals surface area contributed by atoms with Crippen LogP contribution in [0.25, 0.3) is 16.4 Å². The Morgan fingerprint density at radius 3 is 2.77 bits per heavy atom. The highest BCUT2D eigenvalue weighted by molar-refractivity contribution is 7.13. The molecule has 0 spiro atoms. The molecule has 0 unspecified atom stereocenters.